The van der Waals surface area contributed by atoms with Crippen molar-refractivity contribution in [3.8, 4) is 22.5 Å². The third-order valence-electron chi connectivity index (χ3n) is 5.06. The summed E-state index contributed by atoms with van der Waals surface area (Å²) in [7, 11) is 4.08. The molecule has 0 N–H and O–H groups in total. The van der Waals surface area contributed by atoms with Crippen LogP contribution in [0.1, 0.15) is 53.2 Å². The fourth-order valence-corrected chi connectivity index (χ4v) is 3.69. The van der Waals surface area contributed by atoms with E-state index in [0.717, 1.165) is 34.2 Å². The number of benzene rings is 2. The van der Waals surface area contributed by atoms with Gasteiger partial charge in [-0.1, -0.05) is 41.5 Å². The van der Waals surface area contributed by atoms with E-state index in [4.69, 9.17) is 0 Å². The van der Waals surface area contributed by atoms with Crippen LogP contribution >= 0.6 is 0 Å². The Morgan fingerprint density at radius 2 is 1.03 bits per heavy atom. The number of hydrogen-bond donors (Lipinski definition) is 0. The molecular weight excluding hydrogens is 815 g/mol. The second kappa shape index (κ2) is 14.1. The van der Waals surface area contributed by atoms with Crippen LogP contribution in [0.3, 0.4) is 0 Å². The second-order valence-corrected chi connectivity index (χ2v) is 10.6. The Bertz CT molecular complexity index is 1080. The van der Waals surface area contributed by atoms with Crippen molar-refractivity contribution < 1.29 is 45.3 Å². The maximum absolute atomic E-state index is 9.75. The van der Waals surface area contributed by atoms with Gasteiger partial charge in [0, 0.05) is 56.4 Å². The molecule has 0 saturated carbocycles. The molecule has 0 aliphatic heterocycles. The Labute approximate surface area is 237 Å². The largest absolute Gasteiger partial charge is 0 e. The third-order valence-corrected chi connectivity index (χ3v) is 5.06. The number of halogens is 2. The summed E-state index contributed by atoms with van der Waals surface area (Å²) >= 11 is -2.50. The average molecular weight is 849 g/mol. The summed E-state index contributed by atoms with van der Waals surface area (Å²) < 4.78 is 23.7. The topological polar surface area (TPSA) is 35.6 Å². The summed E-state index contributed by atoms with van der Waals surface area (Å²) in [6, 6.07) is 22.3. The fourth-order valence-electron chi connectivity index (χ4n) is 3.69. The summed E-state index contributed by atoms with van der Waals surface area (Å²) in [6.45, 7) is 13.0. The van der Waals surface area contributed by atoms with Crippen molar-refractivity contribution in [3.05, 3.63) is 84.7 Å². The number of imidazole rings is 2. The number of hydrogen-bond acceptors (Lipinski definition) is 2. The molecule has 1 radical (unpaired) electrons. The Hall–Kier alpha value is -1.98. The van der Waals surface area contributed by atoms with Crippen LogP contribution in [0.15, 0.2) is 60.9 Å². The van der Waals surface area contributed by atoms with Gasteiger partial charge in [-0.25, -0.2) is 0 Å². The summed E-state index contributed by atoms with van der Waals surface area (Å²) in [5.74, 6) is 2.19. The van der Waals surface area contributed by atoms with Crippen LogP contribution in [-0.2, 0) is 63.7 Å². The predicted molar refractivity (Wildman–Crippen MR) is 135 cm³/mol. The van der Waals surface area contributed by atoms with Crippen LogP contribution in [0.4, 0.5) is 6.51 Å². The smallest absolute Gasteiger partial charge is 0 e. The Balaban J connectivity index is 0.000000317. The van der Waals surface area contributed by atoms with Gasteiger partial charge in [0.05, 0.1) is 0 Å². The molecule has 4 nitrogen and oxygen atoms in total. The molecular formula is C28H34F2Ir2N4-. The molecule has 2 aromatic heterocycles. The first-order chi connectivity index (χ1) is 16.4. The molecule has 2 aromatic carbocycles. The van der Waals surface area contributed by atoms with Gasteiger partial charge in [-0.3, -0.25) is 9.97 Å². The van der Waals surface area contributed by atoms with Gasteiger partial charge in [-0.2, -0.15) is 0 Å². The first-order valence-corrected chi connectivity index (χ1v) is 13.0. The van der Waals surface area contributed by atoms with E-state index in [1.807, 2.05) is 62.6 Å². The van der Waals surface area contributed by atoms with Crippen LogP contribution in [0, 0.1) is 12.1 Å². The monoisotopic (exact) mass is 850 g/mol. The molecule has 0 aliphatic rings. The van der Waals surface area contributed by atoms with Gasteiger partial charge in [-0.05, 0) is 12.4 Å². The maximum Gasteiger partial charge on any atom is 0 e. The molecule has 0 spiro atoms. The predicted octanol–water partition coefficient (Wildman–Crippen LogP) is 7.20. The summed E-state index contributed by atoms with van der Waals surface area (Å²) in [5, 5.41) is 0. The zero-order valence-corrected chi connectivity index (χ0v) is 26.8. The zero-order chi connectivity index (χ0) is 26.2. The summed E-state index contributed by atoms with van der Waals surface area (Å²) in [6.07, 6.45) is 4.12. The molecule has 8 heteroatoms. The molecule has 0 aliphatic carbocycles. The van der Waals surface area contributed by atoms with Crippen LogP contribution < -0.4 is 0 Å². The summed E-state index contributed by atoms with van der Waals surface area (Å²) in [5.41, 5.74) is 4.23. The standard InChI is InChI=1S/2C14H17N2.2FH.2Ir/c2*1-14(2,3)13-15-12(10-16(13)4)11-8-6-5-7-9-11;;;;/h2*5-8,10H,1-4H3;2*1H;;/q2*-1;;;;+3/p-2. The first kappa shape index (κ1) is 32.0. The molecule has 0 saturated heterocycles. The Morgan fingerprint density at radius 1 is 0.694 bits per heavy atom. The minimum atomic E-state index is -2.50. The summed E-state index contributed by atoms with van der Waals surface area (Å²) in [4.78, 5) is 9.37. The number of nitrogens with zero attached hydrogens (tertiary/aromatic N) is 4. The Kier molecular flexibility index (Phi) is 12.5. The molecule has 199 valence electrons. The Morgan fingerprint density at radius 3 is 1.25 bits per heavy atom. The quantitative estimate of drug-likeness (QED) is 0.200. The van der Waals surface area contributed by atoms with Crippen LogP contribution in [0.5, 0.6) is 0 Å². The molecule has 4 aromatic rings. The van der Waals surface area contributed by atoms with Crippen molar-refractivity contribution in [2.24, 2.45) is 14.1 Å². The van der Waals surface area contributed by atoms with Crippen LogP contribution in [-0.4, -0.2) is 19.1 Å². The number of aromatic nitrogens is 4. The van der Waals surface area contributed by atoms with Crippen molar-refractivity contribution >= 4 is 0 Å². The van der Waals surface area contributed by atoms with Gasteiger partial charge in [0.15, 0.2) is 0 Å². The van der Waals surface area contributed by atoms with E-state index in [-0.39, 0.29) is 30.9 Å². The van der Waals surface area contributed by atoms with E-state index in [1.54, 1.807) is 0 Å². The zero-order valence-electron chi connectivity index (χ0n) is 22.0. The molecule has 2 heterocycles. The van der Waals surface area contributed by atoms with E-state index in [2.05, 4.69) is 85.2 Å². The molecule has 0 atom stereocenters. The van der Waals surface area contributed by atoms with E-state index < -0.39 is 18.7 Å². The fraction of sp³-hybridized carbons (Fsp3) is 0.357. The van der Waals surface area contributed by atoms with Crippen LogP contribution in [0.2, 0.25) is 0 Å². The molecule has 0 unspecified atom stereocenters. The van der Waals surface area contributed by atoms with Crippen molar-refractivity contribution in [2.75, 3.05) is 0 Å². The maximum atomic E-state index is 9.75. The van der Waals surface area contributed by atoms with Gasteiger partial charge in [0.2, 0.25) is 0 Å². The van der Waals surface area contributed by atoms with E-state index in [9.17, 15) is 6.51 Å². The average Bonchev–Trinajstić information content (AvgIpc) is 3.39. The SMILES string of the molecule is Cn1cc(-c2[c-]cccc2)nc1C(C)(C)C.Cn1cc(-c2[c-]cccc2)nc1C(C)(C)C.[F][Ir+][F].[Ir]. The van der Waals surface area contributed by atoms with Gasteiger partial charge in [0.1, 0.15) is 11.6 Å². The van der Waals surface area contributed by atoms with Crippen molar-refractivity contribution in [3.63, 3.8) is 0 Å². The molecule has 0 amide bonds. The van der Waals surface area contributed by atoms with E-state index >= 15 is 0 Å². The van der Waals surface area contributed by atoms with E-state index in [1.165, 1.54) is 0 Å². The second-order valence-electron chi connectivity index (χ2n) is 10.2. The number of rotatable bonds is 2. The van der Waals surface area contributed by atoms with Gasteiger partial charge in [-0.15, -0.1) is 71.8 Å². The number of aryl methyl sites for hydroxylation is 2. The normalized spacial score (nSPS) is 11.1. The molecule has 0 bridgehead atoms. The molecule has 36 heavy (non-hydrogen) atoms. The van der Waals surface area contributed by atoms with E-state index in [0.29, 0.717) is 0 Å². The van der Waals surface area contributed by atoms with Crippen molar-refractivity contribution in [1.82, 2.24) is 19.1 Å². The minimum absolute atomic E-state index is 0. The van der Waals surface area contributed by atoms with Crippen LogP contribution in [0.25, 0.3) is 22.5 Å². The van der Waals surface area contributed by atoms with Crippen molar-refractivity contribution in [1.29, 1.82) is 0 Å². The third kappa shape index (κ3) is 9.15. The van der Waals surface area contributed by atoms with Gasteiger partial charge < -0.3 is 9.13 Å². The van der Waals surface area contributed by atoms with Gasteiger partial charge in [0.25, 0.3) is 0 Å². The van der Waals surface area contributed by atoms with Crippen molar-refractivity contribution in [2.45, 2.75) is 52.4 Å². The first-order valence-electron chi connectivity index (χ1n) is 11.2. The molecule has 4 rings (SSSR count). The minimum Gasteiger partial charge on any atom is 0 e. The molecule has 0 fully saturated rings. The van der Waals surface area contributed by atoms with Gasteiger partial charge >= 0.3 is 25.2 Å².